The predicted octanol–water partition coefficient (Wildman–Crippen LogP) is 3.08. The van der Waals surface area contributed by atoms with E-state index in [0.29, 0.717) is 21.1 Å². The second-order valence-corrected chi connectivity index (χ2v) is 6.97. The first kappa shape index (κ1) is 22.3. The number of thioether (sulfide) groups is 1. The monoisotopic (exact) mass is 439 g/mol. The molecule has 0 atom stereocenters. The quantitative estimate of drug-likeness (QED) is 0.387. The maximum Gasteiger partial charge on any atom is 0.422 e. The van der Waals surface area contributed by atoms with Crippen LogP contribution in [0.15, 0.2) is 28.2 Å². The van der Waals surface area contributed by atoms with Crippen molar-refractivity contribution in [3.8, 4) is 0 Å². The SMILES string of the molecule is COCCn1c(SCCNC(=O)OCC(F)(F)F)nc2cc(Cl)ccc2c1=O. The van der Waals surface area contributed by atoms with Crippen LogP contribution in [0.4, 0.5) is 18.0 Å². The zero-order chi connectivity index (χ0) is 20.7. The van der Waals surface area contributed by atoms with Gasteiger partial charge in [-0.25, -0.2) is 9.78 Å². The molecule has 0 aliphatic rings. The number of rotatable bonds is 8. The van der Waals surface area contributed by atoms with Crippen molar-refractivity contribution in [3.05, 3.63) is 33.6 Å². The number of fused-ring (bicyclic) bond motifs is 1. The van der Waals surface area contributed by atoms with Crippen molar-refractivity contribution >= 4 is 40.4 Å². The van der Waals surface area contributed by atoms with Gasteiger partial charge in [-0.05, 0) is 18.2 Å². The van der Waals surface area contributed by atoms with Crippen LogP contribution in [0.3, 0.4) is 0 Å². The Kier molecular flexibility index (Phi) is 7.96. The number of alkyl halides is 3. The Morgan fingerprint density at radius 1 is 1.39 bits per heavy atom. The molecule has 1 aromatic carbocycles. The van der Waals surface area contributed by atoms with Crippen molar-refractivity contribution in [1.82, 2.24) is 14.9 Å². The van der Waals surface area contributed by atoms with Crippen LogP contribution in [-0.2, 0) is 16.0 Å². The molecule has 154 valence electrons. The lowest BCUT2D eigenvalue weighted by molar-refractivity contribution is -0.160. The Balaban J connectivity index is 2.06. The topological polar surface area (TPSA) is 82.4 Å². The molecule has 0 fully saturated rings. The van der Waals surface area contributed by atoms with E-state index in [0.717, 1.165) is 11.8 Å². The van der Waals surface area contributed by atoms with Gasteiger partial charge in [-0.1, -0.05) is 23.4 Å². The van der Waals surface area contributed by atoms with Crippen LogP contribution < -0.4 is 10.9 Å². The average Bonchev–Trinajstić information content (AvgIpc) is 2.62. The summed E-state index contributed by atoms with van der Waals surface area (Å²) in [5.41, 5.74) is 0.157. The molecule has 0 aliphatic carbocycles. The van der Waals surface area contributed by atoms with Crippen LogP contribution in [-0.4, -0.2) is 54.4 Å². The fourth-order valence-electron chi connectivity index (χ4n) is 2.16. The molecule has 2 aromatic rings. The fourth-order valence-corrected chi connectivity index (χ4v) is 3.20. The smallest absolute Gasteiger partial charge is 0.422 e. The van der Waals surface area contributed by atoms with Gasteiger partial charge in [0.25, 0.3) is 5.56 Å². The van der Waals surface area contributed by atoms with Gasteiger partial charge in [-0.2, -0.15) is 13.2 Å². The highest BCUT2D eigenvalue weighted by Crippen LogP contribution is 2.20. The van der Waals surface area contributed by atoms with Crippen molar-refractivity contribution in [1.29, 1.82) is 0 Å². The lowest BCUT2D eigenvalue weighted by Gasteiger charge is -2.13. The number of aromatic nitrogens is 2. The molecule has 0 bridgehead atoms. The van der Waals surface area contributed by atoms with Crippen molar-refractivity contribution in [2.24, 2.45) is 0 Å². The number of nitrogens with one attached hydrogen (secondary N) is 1. The summed E-state index contributed by atoms with van der Waals surface area (Å²) in [4.78, 5) is 28.4. The standard InChI is InChI=1S/C16H17ClF3N3O4S/c1-26-6-5-23-13(24)11-3-2-10(17)8-12(11)22-14(23)28-7-4-21-15(25)27-9-16(18,19)20/h2-3,8H,4-7,9H2,1H3,(H,21,25). The van der Waals surface area contributed by atoms with Crippen LogP contribution >= 0.6 is 23.4 Å². The summed E-state index contributed by atoms with van der Waals surface area (Å²) < 4.78 is 46.5. The summed E-state index contributed by atoms with van der Waals surface area (Å²) in [6, 6.07) is 4.75. The van der Waals surface area contributed by atoms with Crippen LogP contribution in [0.5, 0.6) is 0 Å². The summed E-state index contributed by atoms with van der Waals surface area (Å²) >= 11 is 7.11. The number of alkyl carbamates (subject to hydrolysis) is 1. The lowest BCUT2D eigenvalue weighted by Crippen LogP contribution is -2.30. The number of hydrogen-bond donors (Lipinski definition) is 1. The summed E-state index contributed by atoms with van der Waals surface area (Å²) in [5.74, 6) is 0.257. The Labute approximate surface area is 167 Å². The van der Waals surface area contributed by atoms with E-state index in [1.54, 1.807) is 18.2 Å². The van der Waals surface area contributed by atoms with Gasteiger partial charge in [-0.15, -0.1) is 0 Å². The van der Waals surface area contributed by atoms with Crippen molar-refractivity contribution < 1.29 is 27.4 Å². The molecule has 1 N–H and O–H groups in total. The number of carbonyl (C=O) groups excluding carboxylic acids is 1. The normalized spacial score (nSPS) is 11.6. The number of hydrogen-bond acceptors (Lipinski definition) is 6. The molecule has 0 unspecified atom stereocenters. The zero-order valence-electron chi connectivity index (χ0n) is 14.7. The number of ether oxygens (including phenoxy) is 2. The molecule has 7 nitrogen and oxygen atoms in total. The van der Waals surface area contributed by atoms with E-state index in [9.17, 15) is 22.8 Å². The van der Waals surface area contributed by atoms with Crippen LogP contribution in [0.25, 0.3) is 10.9 Å². The van der Waals surface area contributed by atoms with Crippen LogP contribution in [0.2, 0.25) is 5.02 Å². The number of halogens is 4. The minimum Gasteiger partial charge on any atom is -0.440 e. The third-order valence-electron chi connectivity index (χ3n) is 3.37. The summed E-state index contributed by atoms with van der Waals surface area (Å²) in [6.45, 7) is -1.08. The Morgan fingerprint density at radius 2 is 2.14 bits per heavy atom. The molecule has 0 radical (unpaired) electrons. The number of carbonyl (C=O) groups is 1. The number of methoxy groups -OCH3 is 1. The molecule has 0 spiro atoms. The minimum absolute atomic E-state index is 0.0229. The Hall–Kier alpha value is -1.98. The van der Waals surface area contributed by atoms with Gasteiger partial charge in [0.05, 0.1) is 24.1 Å². The van der Waals surface area contributed by atoms with E-state index in [1.165, 1.54) is 11.7 Å². The molecule has 0 saturated carbocycles. The zero-order valence-corrected chi connectivity index (χ0v) is 16.3. The summed E-state index contributed by atoms with van der Waals surface area (Å²) in [7, 11) is 1.50. The first-order chi connectivity index (χ1) is 13.2. The van der Waals surface area contributed by atoms with Gasteiger partial charge in [-0.3, -0.25) is 9.36 Å². The van der Waals surface area contributed by atoms with Gasteiger partial charge < -0.3 is 14.8 Å². The Bertz CT molecular complexity index is 892. The van der Waals surface area contributed by atoms with E-state index < -0.39 is 18.9 Å². The highest BCUT2D eigenvalue weighted by atomic mass is 35.5. The molecule has 1 heterocycles. The number of amides is 1. The summed E-state index contributed by atoms with van der Waals surface area (Å²) in [5, 5.41) is 3.41. The molecule has 0 aliphatic heterocycles. The van der Waals surface area contributed by atoms with E-state index in [4.69, 9.17) is 16.3 Å². The van der Waals surface area contributed by atoms with Gasteiger partial charge in [0.2, 0.25) is 0 Å². The molecule has 2 rings (SSSR count). The first-order valence-electron chi connectivity index (χ1n) is 8.00. The van der Waals surface area contributed by atoms with Crippen molar-refractivity contribution in [2.75, 3.05) is 32.6 Å². The van der Waals surface area contributed by atoms with Crippen LogP contribution in [0.1, 0.15) is 0 Å². The average molecular weight is 440 g/mol. The van der Waals surface area contributed by atoms with Gasteiger partial charge in [0.1, 0.15) is 0 Å². The van der Waals surface area contributed by atoms with E-state index in [2.05, 4.69) is 15.0 Å². The van der Waals surface area contributed by atoms with E-state index in [1.807, 2.05) is 0 Å². The maximum atomic E-state index is 12.7. The largest absolute Gasteiger partial charge is 0.440 e. The maximum absolute atomic E-state index is 12.7. The second-order valence-electron chi connectivity index (χ2n) is 5.47. The lowest BCUT2D eigenvalue weighted by atomic mass is 10.2. The molecule has 1 aromatic heterocycles. The molecule has 28 heavy (non-hydrogen) atoms. The van der Waals surface area contributed by atoms with Gasteiger partial charge >= 0.3 is 12.3 Å². The Morgan fingerprint density at radius 3 is 2.82 bits per heavy atom. The molecular formula is C16H17ClF3N3O4S. The van der Waals surface area contributed by atoms with E-state index in [-0.39, 0.29) is 31.0 Å². The number of nitrogens with zero attached hydrogens (tertiary/aromatic N) is 2. The van der Waals surface area contributed by atoms with Crippen molar-refractivity contribution in [3.63, 3.8) is 0 Å². The second kappa shape index (κ2) is 9.99. The van der Waals surface area contributed by atoms with E-state index >= 15 is 0 Å². The first-order valence-corrected chi connectivity index (χ1v) is 9.37. The minimum atomic E-state index is -4.58. The summed E-state index contributed by atoms with van der Waals surface area (Å²) in [6.07, 6.45) is -5.76. The van der Waals surface area contributed by atoms with Crippen LogP contribution in [0, 0.1) is 0 Å². The molecular weight excluding hydrogens is 423 g/mol. The third kappa shape index (κ3) is 6.57. The van der Waals surface area contributed by atoms with Gasteiger partial charge in [0.15, 0.2) is 11.8 Å². The highest BCUT2D eigenvalue weighted by Gasteiger charge is 2.29. The van der Waals surface area contributed by atoms with Crippen molar-refractivity contribution in [2.45, 2.75) is 17.9 Å². The number of benzene rings is 1. The predicted molar refractivity (Wildman–Crippen MR) is 99.0 cm³/mol. The molecule has 0 saturated heterocycles. The fraction of sp³-hybridized carbons (Fsp3) is 0.438. The van der Waals surface area contributed by atoms with Gasteiger partial charge in [0, 0.05) is 24.4 Å². The third-order valence-corrected chi connectivity index (χ3v) is 4.58. The molecule has 1 amide bonds. The molecule has 12 heteroatoms. The highest BCUT2D eigenvalue weighted by molar-refractivity contribution is 7.99.